The van der Waals surface area contributed by atoms with Crippen molar-refractivity contribution >= 4 is 49.9 Å². The molecule has 0 saturated carbocycles. The van der Waals surface area contributed by atoms with Crippen LogP contribution in [0.3, 0.4) is 0 Å². The zero-order valence-corrected chi connectivity index (χ0v) is 11.3. The molecule has 0 bridgehead atoms. The molecule has 0 spiro atoms. The monoisotopic (exact) mass is 298 g/mol. The fraction of sp³-hybridized carbons (Fsp3) is 0.182. The number of carbonyl (C=O) groups excluding carboxylic acids is 2. The van der Waals surface area contributed by atoms with E-state index >= 15 is 0 Å². The molecule has 2 aromatic rings. The van der Waals surface area contributed by atoms with Crippen LogP contribution in [0.5, 0.6) is 0 Å². The lowest BCUT2D eigenvalue weighted by Gasteiger charge is -2.17. The fourth-order valence-corrected chi connectivity index (χ4v) is 3.65. The molecule has 2 heterocycles. The van der Waals surface area contributed by atoms with E-state index in [1.165, 1.54) is 22.7 Å². The van der Waals surface area contributed by atoms with Gasteiger partial charge in [0, 0.05) is 9.40 Å². The van der Waals surface area contributed by atoms with Gasteiger partial charge in [-0.1, -0.05) is 0 Å². The molecule has 2 aromatic heterocycles. The van der Waals surface area contributed by atoms with Crippen LogP contribution in [-0.4, -0.2) is 40.9 Å². The van der Waals surface area contributed by atoms with Crippen LogP contribution >= 0.6 is 22.7 Å². The fourth-order valence-electron chi connectivity index (χ4n) is 1.58. The predicted octanol–water partition coefficient (Wildman–Crippen LogP) is 0.975. The number of aliphatic carboxylic acids is 1. The number of nitrogens with zero attached hydrogens (tertiary/aromatic N) is 1. The average molecular weight is 298 g/mol. The molecule has 0 aliphatic carbocycles. The molecule has 0 aromatic carbocycles. The number of carbonyl (C=O) groups is 3. The van der Waals surface area contributed by atoms with E-state index in [1.54, 1.807) is 6.07 Å². The number of carboxylic acid groups (broad SMARTS) is 1. The highest BCUT2D eigenvalue weighted by molar-refractivity contribution is 7.27. The lowest BCUT2D eigenvalue weighted by atomic mass is 10.3. The molecule has 8 heteroatoms. The number of carboxylic acids is 1. The molecule has 19 heavy (non-hydrogen) atoms. The third-order valence-corrected chi connectivity index (χ3v) is 4.39. The largest absolute Gasteiger partial charge is 0.480 e. The number of primary amides is 1. The zero-order chi connectivity index (χ0) is 14.0. The van der Waals surface area contributed by atoms with Gasteiger partial charge in [0.15, 0.2) is 0 Å². The topological polar surface area (TPSA) is 101 Å². The first-order chi connectivity index (χ1) is 8.97. The van der Waals surface area contributed by atoms with E-state index in [9.17, 15) is 14.4 Å². The molecule has 0 radical (unpaired) electrons. The Morgan fingerprint density at radius 1 is 1.26 bits per heavy atom. The van der Waals surface area contributed by atoms with Gasteiger partial charge in [-0.2, -0.15) is 0 Å². The lowest BCUT2D eigenvalue weighted by molar-refractivity contribution is -0.138. The van der Waals surface area contributed by atoms with Crippen molar-refractivity contribution < 1.29 is 19.5 Å². The second kappa shape index (κ2) is 5.37. The van der Waals surface area contributed by atoms with Crippen molar-refractivity contribution in [1.29, 1.82) is 0 Å². The van der Waals surface area contributed by atoms with Crippen molar-refractivity contribution in [3.8, 4) is 0 Å². The number of amides is 2. The van der Waals surface area contributed by atoms with Crippen LogP contribution in [-0.2, 0) is 9.59 Å². The molecule has 100 valence electrons. The Morgan fingerprint density at radius 3 is 2.58 bits per heavy atom. The van der Waals surface area contributed by atoms with E-state index in [1.807, 2.05) is 11.4 Å². The smallest absolute Gasteiger partial charge is 0.323 e. The molecule has 2 rings (SSSR count). The van der Waals surface area contributed by atoms with Crippen molar-refractivity contribution in [2.24, 2.45) is 5.73 Å². The maximum atomic E-state index is 12.2. The Hall–Kier alpha value is -1.93. The van der Waals surface area contributed by atoms with Gasteiger partial charge in [0.1, 0.15) is 13.1 Å². The molecule has 0 saturated heterocycles. The summed E-state index contributed by atoms with van der Waals surface area (Å²) in [6.45, 7) is -0.954. The summed E-state index contributed by atoms with van der Waals surface area (Å²) in [6, 6.07) is 3.58. The summed E-state index contributed by atoms with van der Waals surface area (Å²) in [5.41, 5.74) is 5.02. The number of hydrogen-bond donors (Lipinski definition) is 2. The summed E-state index contributed by atoms with van der Waals surface area (Å²) in [6.07, 6.45) is 0. The Balaban J connectivity index is 2.24. The standard InChI is InChI=1S/C11H10N2O4S2/c12-9(14)4-13(5-10(15)16)11(17)8-3-7-6(19-8)1-2-18-7/h1-3H,4-5H2,(H2,12,14)(H,15,16). The van der Waals surface area contributed by atoms with Gasteiger partial charge in [-0.15, -0.1) is 22.7 Å². The SMILES string of the molecule is NC(=O)CN(CC(=O)O)C(=O)c1cc2sccc2s1. The minimum absolute atomic E-state index is 0.406. The van der Waals surface area contributed by atoms with Crippen LogP contribution in [0.15, 0.2) is 17.5 Å². The Kier molecular flexibility index (Phi) is 3.82. The average Bonchev–Trinajstić information content (AvgIpc) is 2.85. The molecule has 6 nitrogen and oxygen atoms in total. The van der Waals surface area contributed by atoms with E-state index in [0.29, 0.717) is 4.88 Å². The van der Waals surface area contributed by atoms with Crippen LogP contribution in [0.1, 0.15) is 9.67 Å². The van der Waals surface area contributed by atoms with Crippen molar-refractivity contribution in [2.75, 3.05) is 13.1 Å². The maximum absolute atomic E-state index is 12.2. The summed E-state index contributed by atoms with van der Waals surface area (Å²) in [7, 11) is 0. The van der Waals surface area contributed by atoms with Gasteiger partial charge < -0.3 is 15.7 Å². The second-order valence-corrected chi connectivity index (χ2v) is 5.81. The van der Waals surface area contributed by atoms with Crippen molar-refractivity contribution in [1.82, 2.24) is 4.90 Å². The van der Waals surface area contributed by atoms with E-state index in [0.717, 1.165) is 14.3 Å². The molecular weight excluding hydrogens is 288 g/mol. The molecule has 0 aliphatic rings. The van der Waals surface area contributed by atoms with E-state index in [2.05, 4.69) is 0 Å². The molecule has 2 amide bonds. The van der Waals surface area contributed by atoms with E-state index in [4.69, 9.17) is 10.8 Å². The number of rotatable bonds is 5. The number of fused-ring (bicyclic) bond motifs is 1. The first-order valence-corrected chi connectivity index (χ1v) is 6.93. The molecule has 0 aliphatic heterocycles. The summed E-state index contributed by atoms with van der Waals surface area (Å²) in [4.78, 5) is 35.1. The van der Waals surface area contributed by atoms with Gasteiger partial charge in [0.2, 0.25) is 5.91 Å². The Labute approximate surface area is 116 Å². The molecule has 0 unspecified atom stereocenters. The normalized spacial score (nSPS) is 10.5. The maximum Gasteiger partial charge on any atom is 0.323 e. The quantitative estimate of drug-likeness (QED) is 0.859. The van der Waals surface area contributed by atoms with E-state index < -0.39 is 30.9 Å². The van der Waals surface area contributed by atoms with Crippen LogP contribution in [0.4, 0.5) is 0 Å². The van der Waals surface area contributed by atoms with E-state index in [-0.39, 0.29) is 0 Å². The van der Waals surface area contributed by atoms with Gasteiger partial charge in [-0.3, -0.25) is 14.4 Å². The predicted molar refractivity (Wildman–Crippen MR) is 72.4 cm³/mol. The van der Waals surface area contributed by atoms with Gasteiger partial charge in [-0.25, -0.2) is 0 Å². The first-order valence-electron chi connectivity index (χ1n) is 5.24. The minimum Gasteiger partial charge on any atom is -0.480 e. The molecule has 0 atom stereocenters. The van der Waals surface area contributed by atoms with Gasteiger partial charge in [0.05, 0.1) is 4.88 Å². The molecule has 3 N–H and O–H groups in total. The summed E-state index contributed by atoms with van der Waals surface area (Å²) in [5.74, 6) is -2.42. The van der Waals surface area contributed by atoms with Crippen LogP contribution in [0, 0.1) is 0 Å². The highest BCUT2D eigenvalue weighted by Crippen LogP contribution is 2.30. The third-order valence-electron chi connectivity index (χ3n) is 2.31. The Bertz CT molecular complexity index is 601. The summed E-state index contributed by atoms with van der Waals surface area (Å²) >= 11 is 2.77. The summed E-state index contributed by atoms with van der Waals surface area (Å²) < 4.78 is 1.92. The second-order valence-electron chi connectivity index (χ2n) is 3.78. The van der Waals surface area contributed by atoms with Crippen LogP contribution in [0.2, 0.25) is 0 Å². The van der Waals surface area contributed by atoms with Gasteiger partial charge in [0.25, 0.3) is 5.91 Å². The lowest BCUT2D eigenvalue weighted by Crippen LogP contribution is -2.41. The number of nitrogens with two attached hydrogens (primary N) is 1. The number of thiophene rings is 2. The van der Waals surface area contributed by atoms with Crippen LogP contribution in [0.25, 0.3) is 9.40 Å². The zero-order valence-electron chi connectivity index (χ0n) is 9.66. The highest BCUT2D eigenvalue weighted by atomic mass is 32.1. The van der Waals surface area contributed by atoms with Crippen molar-refractivity contribution in [3.63, 3.8) is 0 Å². The van der Waals surface area contributed by atoms with Crippen LogP contribution < -0.4 is 5.73 Å². The van der Waals surface area contributed by atoms with Crippen molar-refractivity contribution in [2.45, 2.75) is 0 Å². The number of hydrogen-bond acceptors (Lipinski definition) is 5. The minimum atomic E-state index is -1.19. The van der Waals surface area contributed by atoms with Crippen molar-refractivity contribution in [3.05, 3.63) is 22.4 Å². The third kappa shape index (κ3) is 3.09. The highest BCUT2D eigenvalue weighted by Gasteiger charge is 2.22. The molecule has 0 fully saturated rings. The van der Waals surface area contributed by atoms with Gasteiger partial charge >= 0.3 is 5.97 Å². The Morgan fingerprint density at radius 2 is 2.00 bits per heavy atom. The molecular formula is C11H10N2O4S2. The first kappa shape index (κ1) is 13.5. The van der Waals surface area contributed by atoms with Gasteiger partial charge in [-0.05, 0) is 17.5 Å². The summed E-state index contributed by atoms with van der Waals surface area (Å²) in [5, 5.41) is 10.7.